The standard InChI is InChI=1S/2C6H7N.CH2Cl2.2HNO2.NO.H2O.Ru/c2*1-6-2-4-7-5-3-6;3*2-1-3;1-2;;/h2*2-5H,1H3;1H2;2*(H,2,3);;1H2;/q;;;;;;;+3/p-3. The average molecular weight is 511 g/mol. The Balaban J connectivity index is -0.0000000520. The van der Waals surface area contributed by atoms with Crippen LogP contribution in [0.2, 0.25) is 0 Å². The van der Waals surface area contributed by atoms with E-state index in [2.05, 4.69) is 9.97 Å². The molecule has 1 N–H and O–H groups in total. The van der Waals surface area contributed by atoms with E-state index in [0.29, 0.717) is 0 Å². The zero-order valence-corrected chi connectivity index (χ0v) is 17.4. The van der Waals surface area contributed by atoms with E-state index < -0.39 is 0 Å². The van der Waals surface area contributed by atoms with Crippen molar-refractivity contribution in [2.24, 2.45) is 10.7 Å². The molecule has 0 saturated heterocycles. The molecule has 0 atom stereocenters. The molecule has 14 heteroatoms. The number of hydrogen-bond acceptors (Lipinski definition) is 10. The Labute approximate surface area is 178 Å². The second kappa shape index (κ2) is 43.9. The molecule has 2 rings (SSSR count). The number of nitrogens with zero attached hydrogens (tertiary/aromatic N) is 5. The topological polar surface area (TPSA) is 200 Å². The Kier molecular flexibility index (Phi) is 64.6. The van der Waals surface area contributed by atoms with Gasteiger partial charge in [-0.15, -0.1) is 38.8 Å². The summed E-state index contributed by atoms with van der Waals surface area (Å²) in [6, 6.07) is 7.89. The van der Waals surface area contributed by atoms with Crippen molar-refractivity contribution < 1.29 is 25.0 Å². The maximum atomic E-state index is 8.00. The molecule has 2 heterocycles. The molecule has 0 aliphatic carbocycles. The zero-order chi connectivity index (χ0) is 20.3. The summed E-state index contributed by atoms with van der Waals surface area (Å²) in [7, 11) is 0. The Bertz CT molecular complexity index is 448. The Hall–Kier alpha value is -2.14. The first kappa shape index (κ1) is 39.8. The molecule has 2 aromatic rings. The minimum Gasteiger partial charge on any atom is -0.870 e. The average Bonchev–Trinajstić information content (AvgIpc) is 2.61. The maximum Gasteiger partial charge on any atom is 3.00 e. The van der Waals surface area contributed by atoms with E-state index in [9.17, 15) is 0 Å². The van der Waals surface area contributed by atoms with Crippen molar-refractivity contribution in [1.82, 2.24) is 15.6 Å². The number of pyridine rings is 2. The third kappa shape index (κ3) is 59.4. The molecule has 2 radical (unpaired) electrons. The minimum atomic E-state index is 0. The van der Waals surface area contributed by atoms with Gasteiger partial charge in [-0.05, 0) is 49.2 Å². The van der Waals surface area contributed by atoms with Crippen LogP contribution >= 0.6 is 23.2 Å². The fourth-order valence-corrected chi connectivity index (χ4v) is 0.853. The van der Waals surface area contributed by atoms with E-state index in [1.807, 2.05) is 38.1 Å². The summed E-state index contributed by atoms with van der Waals surface area (Å²) < 4.78 is 0. The van der Waals surface area contributed by atoms with Crippen LogP contribution in [-0.4, -0.2) is 20.8 Å². The van der Waals surface area contributed by atoms with Crippen LogP contribution in [-0.2, 0) is 19.5 Å². The molecular weight excluding hydrogens is 494 g/mol. The van der Waals surface area contributed by atoms with Crippen LogP contribution in [0.5, 0.6) is 0 Å². The molecule has 27 heavy (non-hydrogen) atoms. The second-order valence-corrected chi connectivity index (χ2v) is 4.11. The van der Waals surface area contributed by atoms with Crippen LogP contribution in [0, 0.1) is 39.0 Å². The molecule has 0 fully saturated rings. The Morgan fingerprint density at radius 3 is 1.07 bits per heavy atom. The third-order valence-corrected chi connectivity index (χ3v) is 1.69. The van der Waals surface area contributed by atoms with Gasteiger partial charge in [0.25, 0.3) is 0 Å². The van der Waals surface area contributed by atoms with E-state index in [0.717, 1.165) is 10.7 Å². The van der Waals surface area contributed by atoms with Gasteiger partial charge in [-0.3, -0.25) is 9.97 Å². The molecule has 0 unspecified atom stereocenters. The van der Waals surface area contributed by atoms with Crippen LogP contribution in [0.15, 0.2) is 59.7 Å². The van der Waals surface area contributed by atoms with Crippen molar-refractivity contribution in [1.29, 1.82) is 0 Å². The van der Waals surface area contributed by atoms with Gasteiger partial charge < -0.3 is 25.7 Å². The molecule has 0 saturated carbocycles. The molecule has 11 nitrogen and oxygen atoms in total. The smallest absolute Gasteiger partial charge is 0.870 e. The molecule has 0 amide bonds. The maximum absolute atomic E-state index is 8.00. The Morgan fingerprint density at radius 2 is 1.00 bits per heavy atom. The van der Waals surface area contributed by atoms with E-state index >= 15 is 0 Å². The normalized spacial score (nSPS) is 6.22. The predicted molar refractivity (Wildman–Crippen MR) is 100 cm³/mol. The predicted octanol–water partition coefficient (Wildman–Crippen LogP) is 4.08. The van der Waals surface area contributed by atoms with Crippen molar-refractivity contribution >= 4 is 23.2 Å². The SMILES string of the molecule is Cc1ccncc1.Cc1ccncc1.ClCCl.O=N[O-].O=N[O-].[N]=O.[OH-].[Ru+3]. The number of nitroso groups, excluding NO2 is 1. The third-order valence-electron chi connectivity index (χ3n) is 1.69. The minimum absolute atomic E-state index is 0. The van der Waals surface area contributed by atoms with Gasteiger partial charge in [0.05, 0.1) is 5.34 Å². The summed E-state index contributed by atoms with van der Waals surface area (Å²) in [5, 5.41) is 18.2. The summed E-state index contributed by atoms with van der Waals surface area (Å²) in [6.07, 6.45) is 7.15. The molecular formula is C13H17Cl2N5O6Ru. The summed E-state index contributed by atoms with van der Waals surface area (Å²) in [5.41, 5.74) is 8.27. The van der Waals surface area contributed by atoms with Crippen LogP contribution in [0.25, 0.3) is 0 Å². The Morgan fingerprint density at radius 1 is 0.852 bits per heavy atom. The number of halogens is 2. The first-order valence-electron chi connectivity index (χ1n) is 5.97. The van der Waals surface area contributed by atoms with Crippen LogP contribution < -0.4 is 5.59 Å². The zero-order valence-electron chi connectivity index (χ0n) is 14.2. The summed E-state index contributed by atoms with van der Waals surface area (Å²) in [4.78, 5) is 30.9. The van der Waals surface area contributed by atoms with Crippen molar-refractivity contribution in [2.45, 2.75) is 13.8 Å². The number of aryl methyl sites for hydroxylation is 2. The van der Waals surface area contributed by atoms with Crippen LogP contribution in [0.1, 0.15) is 11.1 Å². The van der Waals surface area contributed by atoms with Crippen LogP contribution in [0.4, 0.5) is 0 Å². The fraction of sp³-hybridized carbons (Fsp3) is 0.231. The van der Waals surface area contributed by atoms with Gasteiger partial charge in [-0.25, -0.2) is 0 Å². The fourth-order valence-electron chi connectivity index (χ4n) is 0.853. The molecule has 0 aliphatic heterocycles. The molecule has 0 aromatic carbocycles. The first-order valence-corrected chi connectivity index (χ1v) is 7.04. The van der Waals surface area contributed by atoms with Gasteiger partial charge in [0, 0.05) is 24.8 Å². The van der Waals surface area contributed by atoms with Gasteiger partial charge in [0.2, 0.25) is 0 Å². The number of rotatable bonds is 0. The summed E-state index contributed by atoms with van der Waals surface area (Å²) >= 11 is 9.53. The monoisotopic (exact) mass is 511 g/mol. The number of hydrogen-bond donors (Lipinski definition) is 0. The summed E-state index contributed by atoms with van der Waals surface area (Å²) in [6.45, 7) is 4.09. The van der Waals surface area contributed by atoms with Crippen molar-refractivity contribution in [3.63, 3.8) is 0 Å². The van der Waals surface area contributed by atoms with E-state index in [1.54, 1.807) is 24.8 Å². The number of alkyl halides is 2. The second-order valence-electron chi connectivity index (χ2n) is 3.30. The summed E-state index contributed by atoms with van der Waals surface area (Å²) in [5.74, 6) is 0. The molecule has 152 valence electrons. The molecule has 0 spiro atoms. The van der Waals surface area contributed by atoms with Gasteiger partial charge in [-0.1, -0.05) is 0 Å². The molecule has 0 bridgehead atoms. The van der Waals surface area contributed by atoms with Gasteiger partial charge in [0.15, 0.2) is 0 Å². The van der Waals surface area contributed by atoms with E-state index in [4.69, 9.17) is 53.9 Å². The van der Waals surface area contributed by atoms with E-state index in [1.165, 1.54) is 11.1 Å². The van der Waals surface area contributed by atoms with Crippen molar-refractivity contribution in [3.8, 4) is 0 Å². The van der Waals surface area contributed by atoms with Gasteiger partial charge in [-0.2, -0.15) is 0 Å². The number of aromatic nitrogens is 2. The molecule has 2 aromatic heterocycles. The first-order chi connectivity index (χ1) is 12.0. The largest absolute Gasteiger partial charge is 3.00 e. The van der Waals surface area contributed by atoms with Crippen LogP contribution in [0.3, 0.4) is 0 Å². The van der Waals surface area contributed by atoms with Gasteiger partial charge in [0.1, 0.15) is 5.59 Å². The van der Waals surface area contributed by atoms with Gasteiger partial charge >= 0.3 is 19.5 Å². The molecule has 0 aliphatic rings. The van der Waals surface area contributed by atoms with E-state index in [-0.39, 0.29) is 30.3 Å². The quantitative estimate of drug-likeness (QED) is 0.218. The van der Waals surface area contributed by atoms with Crippen molar-refractivity contribution in [3.05, 3.63) is 85.3 Å². The van der Waals surface area contributed by atoms with Crippen molar-refractivity contribution in [2.75, 3.05) is 5.34 Å².